The van der Waals surface area contributed by atoms with Crippen LogP contribution in [0.15, 0.2) is 0 Å². The van der Waals surface area contributed by atoms with Gasteiger partial charge >= 0.3 is 29.6 Å². The largest absolute Gasteiger partial charge is 1.00 e. The first-order chi connectivity index (χ1) is 4.95. The summed E-state index contributed by atoms with van der Waals surface area (Å²) in [7, 11) is 3.34. The SMILES string of the molecule is C[C@H](OC(=S)N(C)C)C(=O)[O-].[Na+]. The quantitative estimate of drug-likeness (QED) is 0.335. The smallest absolute Gasteiger partial charge is 0.546 e. The first-order valence-corrected chi connectivity index (χ1v) is 3.44. The van der Waals surface area contributed by atoms with E-state index in [0.717, 1.165) is 0 Å². The fourth-order valence-corrected chi connectivity index (χ4v) is 0.449. The van der Waals surface area contributed by atoms with E-state index in [1.54, 1.807) is 14.1 Å². The standard InChI is InChI=1S/C6H11NO3S.Na/c1-4(5(8)9)10-6(11)7(2)3;/h4H,1-3H3,(H,8,9);/q;+1/p-1/t4-;/m0./s1. The van der Waals surface area contributed by atoms with Gasteiger partial charge in [0, 0.05) is 14.1 Å². The number of aliphatic carboxylic acids is 1. The van der Waals surface area contributed by atoms with Crippen molar-refractivity contribution in [3.63, 3.8) is 0 Å². The molecule has 0 amide bonds. The van der Waals surface area contributed by atoms with Gasteiger partial charge in [0.15, 0.2) is 0 Å². The zero-order valence-electron chi connectivity index (χ0n) is 7.66. The molecule has 0 radical (unpaired) electrons. The van der Waals surface area contributed by atoms with Gasteiger partial charge in [0.1, 0.15) is 6.10 Å². The molecule has 0 N–H and O–H groups in total. The van der Waals surface area contributed by atoms with Crippen LogP contribution in [0.25, 0.3) is 0 Å². The number of carboxylic acid groups (broad SMARTS) is 1. The Balaban J connectivity index is 0. The van der Waals surface area contributed by atoms with Crippen LogP contribution in [0.3, 0.4) is 0 Å². The van der Waals surface area contributed by atoms with Crippen molar-refractivity contribution in [1.29, 1.82) is 0 Å². The second-order valence-corrected chi connectivity index (χ2v) is 2.59. The van der Waals surface area contributed by atoms with Crippen molar-refractivity contribution in [3.8, 4) is 0 Å². The third kappa shape index (κ3) is 5.77. The summed E-state index contributed by atoms with van der Waals surface area (Å²) < 4.78 is 4.77. The average molecular weight is 199 g/mol. The molecular weight excluding hydrogens is 189 g/mol. The number of carbonyl (C=O) groups excluding carboxylic acids is 1. The minimum atomic E-state index is -1.27. The van der Waals surface area contributed by atoms with Gasteiger partial charge in [-0.2, -0.15) is 0 Å². The van der Waals surface area contributed by atoms with Gasteiger partial charge in [0.2, 0.25) is 0 Å². The Morgan fingerprint density at radius 3 is 2.25 bits per heavy atom. The summed E-state index contributed by atoms with van der Waals surface area (Å²) in [5, 5.41) is 10.3. The molecule has 0 aliphatic heterocycles. The summed E-state index contributed by atoms with van der Waals surface area (Å²) in [4.78, 5) is 11.7. The van der Waals surface area contributed by atoms with Crippen LogP contribution < -0.4 is 34.7 Å². The molecule has 0 saturated carbocycles. The van der Waals surface area contributed by atoms with E-state index in [2.05, 4.69) is 12.2 Å². The van der Waals surface area contributed by atoms with E-state index in [1.807, 2.05) is 0 Å². The van der Waals surface area contributed by atoms with Crippen LogP contribution in [0.2, 0.25) is 0 Å². The topological polar surface area (TPSA) is 52.6 Å². The molecule has 0 aromatic carbocycles. The monoisotopic (exact) mass is 199 g/mol. The molecule has 0 saturated heterocycles. The molecule has 64 valence electrons. The molecule has 0 aromatic heterocycles. The molecule has 0 unspecified atom stereocenters. The first-order valence-electron chi connectivity index (χ1n) is 3.04. The number of nitrogens with zero attached hydrogens (tertiary/aromatic N) is 1. The third-order valence-electron chi connectivity index (χ3n) is 0.975. The molecule has 0 spiro atoms. The molecule has 4 nitrogen and oxygen atoms in total. The van der Waals surface area contributed by atoms with Crippen LogP contribution in [-0.4, -0.2) is 36.2 Å². The predicted octanol–water partition coefficient (Wildman–Crippen LogP) is -4.01. The second-order valence-electron chi connectivity index (χ2n) is 2.24. The Kier molecular flexibility index (Phi) is 8.13. The number of thiocarbonyl (C=S) groups is 1. The van der Waals surface area contributed by atoms with Crippen LogP contribution in [0.5, 0.6) is 0 Å². The Morgan fingerprint density at radius 2 is 2.00 bits per heavy atom. The minimum Gasteiger partial charge on any atom is -0.546 e. The predicted molar refractivity (Wildman–Crippen MR) is 41.8 cm³/mol. The van der Waals surface area contributed by atoms with Gasteiger partial charge in [0.05, 0.1) is 5.97 Å². The minimum absolute atomic E-state index is 0. The van der Waals surface area contributed by atoms with E-state index in [9.17, 15) is 9.90 Å². The Morgan fingerprint density at radius 1 is 1.58 bits per heavy atom. The number of ether oxygens (including phenoxy) is 1. The third-order valence-corrected chi connectivity index (χ3v) is 1.44. The summed E-state index contributed by atoms with van der Waals surface area (Å²) >= 11 is 4.69. The van der Waals surface area contributed by atoms with Crippen LogP contribution in [0.4, 0.5) is 0 Å². The fraction of sp³-hybridized carbons (Fsp3) is 0.667. The maximum absolute atomic E-state index is 10.1. The molecule has 0 bridgehead atoms. The van der Waals surface area contributed by atoms with E-state index in [1.165, 1.54) is 11.8 Å². The van der Waals surface area contributed by atoms with Crippen LogP contribution in [0, 0.1) is 0 Å². The van der Waals surface area contributed by atoms with Crippen molar-refractivity contribution >= 4 is 23.4 Å². The summed E-state index contributed by atoms with van der Waals surface area (Å²) in [5.41, 5.74) is 0. The van der Waals surface area contributed by atoms with Gasteiger partial charge in [-0.25, -0.2) is 0 Å². The van der Waals surface area contributed by atoms with Gasteiger partial charge in [-0.3, -0.25) is 0 Å². The second kappa shape index (κ2) is 6.65. The summed E-state index contributed by atoms with van der Waals surface area (Å²) in [6.07, 6.45) is -0.995. The number of hydrogen-bond acceptors (Lipinski definition) is 4. The normalized spacial score (nSPS) is 10.9. The number of hydrogen-bond donors (Lipinski definition) is 0. The molecule has 1 atom stereocenters. The van der Waals surface area contributed by atoms with E-state index in [0.29, 0.717) is 0 Å². The molecule has 0 aromatic rings. The van der Waals surface area contributed by atoms with E-state index < -0.39 is 12.1 Å². The molecule has 0 aliphatic carbocycles. The van der Waals surface area contributed by atoms with Gasteiger partial charge in [0.25, 0.3) is 5.17 Å². The number of carbonyl (C=O) groups is 1. The van der Waals surface area contributed by atoms with Gasteiger partial charge in [-0.15, -0.1) is 0 Å². The van der Waals surface area contributed by atoms with E-state index in [4.69, 9.17) is 4.74 Å². The maximum Gasteiger partial charge on any atom is 1.00 e. The number of rotatable bonds is 2. The average Bonchev–Trinajstić information content (AvgIpc) is 1.87. The molecule has 0 aliphatic rings. The molecule has 0 fully saturated rings. The van der Waals surface area contributed by atoms with Crippen LogP contribution >= 0.6 is 12.2 Å². The van der Waals surface area contributed by atoms with E-state index in [-0.39, 0.29) is 34.7 Å². The van der Waals surface area contributed by atoms with Crippen LogP contribution in [0.1, 0.15) is 6.92 Å². The molecule has 0 heterocycles. The van der Waals surface area contributed by atoms with Gasteiger partial charge < -0.3 is 19.5 Å². The summed E-state index contributed by atoms with van der Waals surface area (Å²) in [6.45, 7) is 1.37. The van der Waals surface area contributed by atoms with Crippen molar-refractivity contribution in [3.05, 3.63) is 0 Å². The van der Waals surface area contributed by atoms with Gasteiger partial charge in [-0.05, 0) is 19.1 Å². The Hall–Kier alpha value is 0.160. The maximum atomic E-state index is 10.1. The summed E-state index contributed by atoms with van der Waals surface area (Å²) in [5.74, 6) is -1.27. The van der Waals surface area contributed by atoms with Crippen molar-refractivity contribution in [2.24, 2.45) is 0 Å². The Labute approximate surface area is 99.2 Å². The number of carboxylic acids is 1. The van der Waals surface area contributed by atoms with Gasteiger partial charge in [-0.1, -0.05) is 0 Å². The van der Waals surface area contributed by atoms with Crippen LogP contribution in [-0.2, 0) is 9.53 Å². The van der Waals surface area contributed by atoms with Crippen molar-refractivity contribution in [2.75, 3.05) is 14.1 Å². The first kappa shape index (κ1) is 14.7. The molecular formula is C6H10NNaO3S. The van der Waals surface area contributed by atoms with E-state index >= 15 is 0 Å². The van der Waals surface area contributed by atoms with Crippen molar-refractivity contribution in [2.45, 2.75) is 13.0 Å². The zero-order valence-corrected chi connectivity index (χ0v) is 10.5. The molecule has 6 heteroatoms. The Bertz CT molecular complexity index is 174. The summed E-state index contributed by atoms with van der Waals surface area (Å²) in [6, 6.07) is 0. The molecule has 0 rings (SSSR count). The molecule has 12 heavy (non-hydrogen) atoms. The van der Waals surface area contributed by atoms with Crippen molar-refractivity contribution in [1.82, 2.24) is 4.90 Å². The van der Waals surface area contributed by atoms with Crippen molar-refractivity contribution < 1.29 is 44.2 Å². The zero-order chi connectivity index (χ0) is 9.02. The fourth-order valence-electron chi connectivity index (χ4n) is 0.305.